The number of rotatable bonds is 3. The minimum absolute atomic E-state index is 0.634. The van der Waals surface area contributed by atoms with Gasteiger partial charge in [0.15, 0.2) is 0 Å². The number of nitrogens with zero attached hydrogens (tertiary/aromatic N) is 2. The third-order valence-electron chi connectivity index (χ3n) is 4.02. The zero-order valence-electron chi connectivity index (χ0n) is 11.5. The maximum atomic E-state index is 4.51. The summed E-state index contributed by atoms with van der Waals surface area (Å²) in [5, 5.41) is 7.93. The maximum Gasteiger partial charge on any atom is 0.0649 e. The van der Waals surface area contributed by atoms with Crippen LogP contribution in [0.4, 0.5) is 0 Å². The van der Waals surface area contributed by atoms with Gasteiger partial charge in [0.2, 0.25) is 0 Å². The number of aryl methyl sites for hydroxylation is 1. The summed E-state index contributed by atoms with van der Waals surface area (Å²) >= 11 is 0. The van der Waals surface area contributed by atoms with E-state index >= 15 is 0 Å². The number of benzene rings is 1. The molecule has 0 bridgehead atoms. The zero-order chi connectivity index (χ0) is 13.1. The molecule has 3 rings (SSSR count). The molecule has 19 heavy (non-hydrogen) atoms. The molecule has 1 saturated heterocycles. The topological polar surface area (TPSA) is 29.9 Å². The molecule has 0 atom stereocenters. The van der Waals surface area contributed by atoms with Crippen LogP contribution >= 0.6 is 0 Å². The minimum Gasteiger partial charge on any atom is -0.317 e. The van der Waals surface area contributed by atoms with E-state index in [-0.39, 0.29) is 0 Å². The summed E-state index contributed by atoms with van der Waals surface area (Å²) in [6.07, 6.45) is 5.42. The van der Waals surface area contributed by atoms with Crippen molar-refractivity contribution < 1.29 is 0 Å². The van der Waals surface area contributed by atoms with Gasteiger partial charge in [-0.2, -0.15) is 5.10 Å². The van der Waals surface area contributed by atoms with E-state index in [4.69, 9.17) is 0 Å². The van der Waals surface area contributed by atoms with Crippen molar-refractivity contribution in [2.24, 2.45) is 0 Å². The second-order valence-corrected chi connectivity index (χ2v) is 5.21. The molecule has 0 unspecified atom stereocenters. The van der Waals surface area contributed by atoms with E-state index in [1.807, 2.05) is 6.20 Å². The van der Waals surface area contributed by atoms with Gasteiger partial charge in [0, 0.05) is 17.8 Å². The molecule has 0 saturated carbocycles. The van der Waals surface area contributed by atoms with Crippen LogP contribution in [0.3, 0.4) is 0 Å². The summed E-state index contributed by atoms with van der Waals surface area (Å²) in [5.74, 6) is 0.634. The van der Waals surface area contributed by atoms with Crippen molar-refractivity contribution in [1.29, 1.82) is 0 Å². The van der Waals surface area contributed by atoms with E-state index in [2.05, 4.69) is 52.4 Å². The summed E-state index contributed by atoms with van der Waals surface area (Å²) in [7, 11) is 0. The SMILES string of the molecule is CCc1ccc(-n2nccc2C2CCNCC2)cc1. The van der Waals surface area contributed by atoms with E-state index in [9.17, 15) is 0 Å². The largest absolute Gasteiger partial charge is 0.317 e. The Kier molecular flexibility index (Phi) is 3.65. The number of aromatic nitrogens is 2. The Bertz CT molecular complexity index is 521. The third kappa shape index (κ3) is 2.56. The zero-order valence-corrected chi connectivity index (χ0v) is 11.5. The second-order valence-electron chi connectivity index (χ2n) is 5.21. The van der Waals surface area contributed by atoms with Crippen LogP contribution in [0, 0.1) is 0 Å². The maximum absolute atomic E-state index is 4.51. The van der Waals surface area contributed by atoms with Crippen LogP contribution < -0.4 is 5.32 Å². The monoisotopic (exact) mass is 255 g/mol. The van der Waals surface area contributed by atoms with Crippen molar-refractivity contribution in [2.75, 3.05) is 13.1 Å². The molecule has 1 N–H and O–H groups in total. The molecule has 100 valence electrons. The first kappa shape index (κ1) is 12.4. The van der Waals surface area contributed by atoms with E-state index in [0.717, 1.165) is 19.5 Å². The van der Waals surface area contributed by atoms with Crippen molar-refractivity contribution in [3.63, 3.8) is 0 Å². The fourth-order valence-corrected chi connectivity index (χ4v) is 2.83. The highest BCUT2D eigenvalue weighted by Gasteiger charge is 2.19. The van der Waals surface area contributed by atoms with Gasteiger partial charge < -0.3 is 5.32 Å². The van der Waals surface area contributed by atoms with Crippen molar-refractivity contribution in [2.45, 2.75) is 32.1 Å². The summed E-state index contributed by atoms with van der Waals surface area (Å²) < 4.78 is 2.11. The van der Waals surface area contributed by atoms with Gasteiger partial charge in [-0.25, -0.2) is 4.68 Å². The quantitative estimate of drug-likeness (QED) is 0.914. The van der Waals surface area contributed by atoms with Gasteiger partial charge in [-0.05, 0) is 56.1 Å². The average molecular weight is 255 g/mol. The Morgan fingerprint density at radius 2 is 1.89 bits per heavy atom. The van der Waals surface area contributed by atoms with Gasteiger partial charge in [-0.1, -0.05) is 19.1 Å². The van der Waals surface area contributed by atoms with Gasteiger partial charge in [0.25, 0.3) is 0 Å². The number of piperidine rings is 1. The molecule has 3 heteroatoms. The van der Waals surface area contributed by atoms with Crippen LogP contribution in [-0.2, 0) is 6.42 Å². The van der Waals surface area contributed by atoms with Crippen LogP contribution in [0.15, 0.2) is 36.5 Å². The fraction of sp³-hybridized carbons (Fsp3) is 0.438. The molecular weight excluding hydrogens is 234 g/mol. The standard InChI is InChI=1S/C16H21N3/c1-2-13-3-5-15(6-4-13)19-16(9-12-18-19)14-7-10-17-11-8-14/h3-6,9,12,14,17H,2,7-8,10-11H2,1H3. The molecule has 1 aliphatic rings. The lowest BCUT2D eigenvalue weighted by Crippen LogP contribution is -2.27. The Balaban J connectivity index is 1.89. The van der Waals surface area contributed by atoms with E-state index in [1.54, 1.807) is 0 Å². The van der Waals surface area contributed by atoms with Crippen LogP contribution in [0.5, 0.6) is 0 Å². The van der Waals surface area contributed by atoms with E-state index < -0.39 is 0 Å². The van der Waals surface area contributed by atoms with Crippen molar-refractivity contribution >= 4 is 0 Å². The number of hydrogen-bond donors (Lipinski definition) is 1. The normalized spacial score (nSPS) is 16.7. The summed E-state index contributed by atoms with van der Waals surface area (Å²) in [4.78, 5) is 0. The summed E-state index contributed by atoms with van der Waals surface area (Å²) in [6.45, 7) is 4.42. The molecule has 1 fully saturated rings. The van der Waals surface area contributed by atoms with Crippen molar-refractivity contribution in [1.82, 2.24) is 15.1 Å². The predicted molar refractivity (Wildman–Crippen MR) is 77.8 cm³/mol. The molecule has 1 aromatic carbocycles. The lowest BCUT2D eigenvalue weighted by Gasteiger charge is -2.23. The number of nitrogens with one attached hydrogen (secondary N) is 1. The minimum atomic E-state index is 0.634. The van der Waals surface area contributed by atoms with Crippen LogP contribution in [0.1, 0.15) is 36.9 Å². The van der Waals surface area contributed by atoms with Gasteiger partial charge in [0.1, 0.15) is 0 Å². The summed E-state index contributed by atoms with van der Waals surface area (Å²) in [6, 6.07) is 10.9. The average Bonchev–Trinajstić information content (AvgIpc) is 2.98. The molecule has 2 heterocycles. The summed E-state index contributed by atoms with van der Waals surface area (Å²) in [5.41, 5.74) is 3.90. The first-order valence-corrected chi connectivity index (χ1v) is 7.22. The highest BCUT2D eigenvalue weighted by Crippen LogP contribution is 2.26. The van der Waals surface area contributed by atoms with Crippen molar-refractivity contribution in [3.8, 4) is 5.69 Å². The second kappa shape index (κ2) is 5.57. The van der Waals surface area contributed by atoms with E-state index in [1.165, 1.54) is 29.8 Å². The molecule has 0 spiro atoms. The molecule has 1 aliphatic heterocycles. The van der Waals surface area contributed by atoms with E-state index in [0.29, 0.717) is 5.92 Å². The fourth-order valence-electron chi connectivity index (χ4n) is 2.83. The highest BCUT2D eigenvalue weighted by atomic mass is 15.3. The van der Waals surface area contributed by atoms with Crippen LogP contribution in [0.2, 0.25) is 0 Å². The molecule has 0 aliphatic carbocycles. The van der Waals surface area contributed by atoms with Crippen LogP contribution in [-0.4, -0.2) is 22.9 Å². The molecule has 1 aromatic heterocycles. The van der Waals surface area contributed by atoms with Gasteiger partial charge in [0.05, 0.1) is 5.69 Å². The Labute approximate surface area is 114 Å². The Hall–Kier alpha value is -1.61. The van der Waals surface area contributed by atoms with Gasteiger partial charge in [-0.3, -0.25) is 0 Å². The highest BCUT2D eigenvalue weighted by molar-refractivity contribution is 5.36. The Morgan fingerprint density at radius 3 is 2.58 bits per heavy atom. The third-order valence-corrected chi connectivity index (χ3v) is 4.02. The lowest BCUT2D eigenvalue weighted by atomic mass is 9.94. The van der Waals surface area contributed by atoms with Crippen molar-refractivity contribution in [3.05, 3.63) is 47.8 Å². The smallest absolute Gasteiger partial charge is 0.0649 e. The lowest BCUT2D eigenvalue weighted by molar-refractivity contribution is 0.446. The van der Waals surface area contributed by atoms with Gasteiger partial charge >= 0.3 is 0 Å². The van der Waals surface area contributed by atoms with Gasteiger partial charge in [-0.15, -0.1) is 0 Å². The molecule has 0 amide bonds. The first-order chi connectivity index (χ1) is 9.38. The Morgan fingerprint density at radius 1 is 1.16 bits per heavy atom. The predicted octanol–water partition coefficient (Wildman–Crippen LogP) is 2.90. The molecule has 3 nitrogen and oxygen atoms in total. The number of hydrogen-bond acceptors (Lipinski definition) is 2. The van der Waals surface area contributed by atoms with Crippen LogP contribution in [0.25, 0.3) is 5.69 Å². The molecule has 2 aromatic rings. The first-order valence-electron chi connectivity index (χ1n) is 7.22. The molecular formula is C16H21N3. The molecule has 0 radical (unpaired) electrons.